The molecule has 1 N–H and O–H groups in total. The maximum atomic E-state index is 5.40. The Labute approximate surface area is 132 Å². The summed E-state index contributed by atoms with van der Waals surface area (Å²) in [7, 11) is 0. The zero-order chi connectivity index (χ0) is 14.8. The molecule has 0 spiro atoms. The number of nitrogens with zero attached hydrogens (tertiary/aromatic N) is 3. The molecule has 0 saturated carbocycles. The normalized spacial score (nSPS) is 15.2. The van der Waals surface area contributed by atoms with Gasteiger partial charge >= 0.3 is 0 Å². The van der Waals surface area contributed by atoms with Crippen molar-refractivity contribution >= 4 is 16.5 Å². The molecule has 3 aromatic rings. The van der Waals surface area contributed by atoms with Crippen molar-refractivity contribution in [3.05, 3.63) is 42.9 Å². The summed E-state index contributed by atoms with van der Waals surface area (Å²) in [6.45, 7) is 3.35. The number of nitrogens with one attached hydrogen (secondary N) is 1. The molecule has 1 aliphatic rings. The summed E-state index contributed by atoms with van der Waals surface area (Å²) in [5.74, 6) is 0. The van der Waals surface area contributed by atoms with E-state index in [4.69, 9.17) is 4.74 Å². The van der Waals surface area contributed by atoms with E-state index < -0.39 is 0 Å². The summed E-state index contributed by atoms with van der Waals surface area (Å²) < 4.78 is 5.40. The molecule has 0 bridgehead atoms. The Hall–Kier alpha value is -2.18. The van der Waals surface area contributed by atoms with Gasteiger partial charge in [-0.15, -0.1) is 0 Å². The number of hydrogen-bond acceptors (Lipinski definition) is 5. The molecule has 1 aliphatic heterocycles. The highest BCUT2D eigenvalue weighted by atomic mass is 32.1. The van der Waals surface area contributed by atoms with Crippen LogP contribution < -0.4 is 4.90 Å². The Morgan fingerprint density at radius 2 is 1.91 bits per heavy atom. The average Bonchev–Trinajstić information content (AvgIpc) is 3.25. The number of aromatic nitrogens is 3. The highest BCUT2D eigenvalue weighted by Crippen LogP contribution is 2.35. The van der Waals surface area contributed by atoms with Crippen molar-refractivity contribution in [2.75, 3.05) is 31.2 Å². The molecule has 1 saturated heterocycles. The molecule has 0 amide bonds. The molecule has 1 fully saturated rings. The van der Waals surface area contributed by atoms with Crippen molar-refractivity contribution in [2.45, 2.75) is 0 Å². The zero-order valence-corrected chi connectivity index (χ0v) is 12.8. The van der Waals surface area contributed by atoms with Crippen molar-refractivity contribution < 1.29 is 4.74 Å². The van der Waals surface area contributed by atoms with Crippen LogP contribution in [-0.2, 0) is 4.74 Å². The molecule has 3 heterocycles. The van der Waals surface area contributed by atoms with Crippen LogP contribution in [0.3, 0.4) is 0 Å². The molecule has 5 nitrogen and oxygen atoms in total. The van der Waals surface area contributed by atoms with Crippen molar-refractivity contribution in [1.29, 1.82) is 0 Å². The van der Waals surface area contributed by atoms with E-state index in [1.807, 2.05) is 24.4 Å². The quantitative estimate of drug-likeness (QED) is 0.807. The second kappa shape index (κ2) is 5.90. The smallest absolute Gasteiger partial charge is 0.186 e. The Balaban J connectivity index is 1.66. The third kappa shape index (κ3) is 2.51. The summed E-state index contributed by atoms with van der Waals surface area (Å²) in [4.78, 5) is 15.7. The number of aromatic amines is 1. The minimum atomic E-state index is 0.772. The number of benzene rings is 1. The van der Waals surface area contributed by atoms with E-state index in [0.717, 1.165) is 53.3 Å². The van der Waals surface area contributed by atoms with Crippen LogP contribution in [0.1, 0.15) is 0 Å². The second-order valence-electron chi connectivity index (χ2n) is 5.10. The van der Waals surface area contributed by atoms with Gasteiger partial charge in [-0.1, -0.05) is 41.7 Å². The third-order valence-electron chi connectivity index (χ3n) is 3.71. The maximum absolute atomic E-state index is 5.40. The van der Waals surface area contributed by atoms with Crippen LogP contribution in [0.15, 0.2) is 42.9 Å². The number of thiazole rings is 1. The first-order chi connectivity index (χ1) is 10.9. The van der Waals surface area contributed by atoms with Gasteiger partial charge in [0.05, 0.1) is 35.8 Å². The lowest BCUT2D eigenvalue weighted by atomic mass is 10.1. The highest BCUT2D eigenvalue weighted by molar-refractivity contribution is 7.18. The Morgan fingerprint density at radius 1 is 1.09 bits per heavy atom. The van der Waals surface area contributed by atoms with Gasteiger partial charge in [-0.2, -0.15) is 0 Å². The van der Waals surface area contributed by atoms with Gasteiger partial charge in [0.25, 0.3) is 0 Å². The monoisotopic (exact) mass is 312 g/mol. The highest BCUT2D eigenvalue weighted by Gasteiger charge is 2.17. The van der Waals surface area contributed by atoms with Crippen LogP contribution in [0, 0.1) is 0 Å². The van der Waals surface area contributed by atoms with E-state index in [0.29, 0.717) is 0 Å². The molecule has 6 heteroatoms. The van der Waals surface area contributed by atoms with Gasteiger partial charge in [-0.25, -0.2) is 9.97 Å². The predicted octanol–water partition coefficient (Wildman–Crippen LogP) is 3.04. The molecule has 0 radical (unpaired) electrons. The van der Waals surface area contributed by atoms with E-state index in [-0.39, 0.29) is 0 Å². The first-order valence-corrected chi connectivity index (χ1v) is 8.11. The van der Waals surface area contributed by atoms with Gasteiger partial charge in [-0.3, -0.25) is 0 Å². The lowest BCUT2D eigenvalue weighted by Crippen LogP contribution is -2.36. The third-order valence-corrected chi connectivity index (χ3v) is 4.78. The number of H-pyrrole nitrogens is 1. The number of imidazole rings is 1. The molecule has 112 valence electrons. The molecular weight excluding hydrogens is 296 g/mol. The number of anilines is 1. The van der Waals surface area contributed by atoms with Crippen molar-refractivity contribution in [3.8, 4) is 21.8 Å². The first-order valence-electron chi connectivity index (χ1n) is 7.29. The lowest BCUT2D eigenvalue weighted by molar-refractivity contribution is 0.122. The molecule has 22 heavy (non-hydrogen) atoms. The number of rotatable bonds is 3. The SMILES string of the molecule is c1ccc(-c2nc[nH]c2-c2cnc(N3CCOCC3)s2)cc1. The average molecular weight is 312 g/mol. The van der Waals surface area contributed by atoms with E-state index in [1.54, 1.807) is 17.7 Å². The van der Waals surface area contributed by atoms with Gasteiger partial charge < -0.3 is 14.6 Å². The Bertz CT molecular complexity index is 746. The van der Waals surface area contributed by atoms with Crippen molar-refractivity contribution in [1.82, 2.24) is 15.0 Å². The van der Waals surface area contributed by atoms with E-state index in [9.17, 15) is 0 Å². The van der Waals surface area contributed by atoms with Gasteiger partial charge in [-0.05, 0) is 0 Å². The molecule has 1 aromatic carbocycles. The summed E-state index contributed by atoms with van der Waals surface area (Å²) in [5, 5.41) is 1.05. The minimum absolute atomic E-state index is 0.772. The summed E-state index contributed by atoms with van der Waals surface area (Å²) >= 11 is 1.69. The molecule has 0 unspecified atom stereocenters. The molecular formula is C16H16N4OS. The van der Waals surface area contributed by atoms with Crippen LogP contribution in [0.25, 0.3) is 21.8 Å². The topological polar surface area (TPSA) is 54.0 Å². The van der Waals surface area contributed by atoms with Gasteiger partial charge in [0.2, 0.25) is 0 Å². The van der Waals surface area contributed by atoms with Crippen LogP contribution in [-0.4, -0.2) is 41.3 Å². The molecule has 4 rings (SSSR count). The number of morpholine rings is 1. The second-order valence-corrected chi connectivity index (χ2v) is 6.11. The van der Waals surface area contributed by atoms with Gasteiger partial charge in [0.15, 0.2) is 5.13 Å². The largest absolute Gasteiger partial charge is 0.378 e. The maximum Gasteiger partial charge on any atom is 0.186 e. The van der Waals surface area contributed by atoms with Crippen LogP contribution >= 0.6 is 11.3 Å². The number of ether oxygens (including phenoxy) is 1. The fraction of sp³-hybridized carbons (Fsp3) is 0.250. The molecule has 2 aromatic heterocycles. The molecule has 0 aliphatic carbocycles. The van der Waals surface area contributed by atoms with Crippen LogP contribution in [0.4, 0.5) is 5.13 Å². The van der Waals surface area contributed by atoms with Crippen molar-refractivity contribution in [2.24, 2.45) is 0 Å². The Kier molecular flexibility index (Phi) is 3.62. The first kappa shape index (κ1) is 13.5. The lowest BCUT2D eigenvalue weighted by Gasteiger charge is -2.25. The standard InChI is InChI=1S/C16H16N4OS/c1-2-4-12(5-3-1)14-15(19-11-18-14)13-10-17-16(22-13)20-6-8-21-9-7-20/h1-5,10-11H,6-9H2,(H,18,19). The van der Waals surface area contributed by atoms with E-state index in [2.05, 4.69) is 32.0 Å². The number of hydrogen-bond donors (Lipinski definition) is 1. The van der Waals surface area contributed by atoms with Crippen molar-refractivity contribution in [3.63, 3.8) is 0 Å². The summed E-state index contributed by atoms with van der Waals surface area (Å²) in [6, 6.07) is 10.2. The van der Waals surface area contributed by atoms with E-state index in [1.165, 1.54) is 0 Å². The minimum Gasteiger partial charge on any atom is -0.378 e. The van der Waals surface area contributed by atoms with Gasteiger partial charge in [0, 0.05) is 24.8 Å². The fourth-order valence-corrected chi connectivity index (χ4v) is 3.56. The molecule has 0 atom stereocenters. The Morgan fingerprint density at radius 3 is 2.73 bits per heavy atom. The van der Waals surface area contributed by atoms with Crippen LogP contribution in [0.2, 0.25) is 0 Å². The van der Waals surface area contributed by atoms with E-state index >= 15 is 0 Å². The van der Waals surface area contributed by atoms with Crippen LogP contribution in [0.5, 0.6) is 0 Å². The summed E-state index contributed by atoms with van der Waals surface area (Å²) in [5.41, 5.74) is 3.11. The van der Waals surface area contributed by atoms with Gasteiger partial charge in [0.1, 0.15) is 0 Å². The predicted molar refractivity (Wildman–Crippen MR) is 88.2 cm³/mol. The summed E-state index contributed by atoms with van der Waals surface area (Å²) in [6.07, 6.45) is 3.67. The fourth-order valence-electron chi connectivity index (χ4n) is 2.58. The zero-order valence-electron chi connectivity index (χ0n) is 12.0.